The summed E-state index contributed by atoms with van der Waals surface area (Å²) in [5, 5.41) is 0. The molecule has 0 aliphatic rings. The first kappa shape index (κ1) is 14.1. The van der Waals surface area contributed by atoms with E-state index in [1.165, 1.54) is 6.92 Å². The highest BCUT2D eigenvalue weighted by Gasteiger charge is 2.43. The minimum absolute atomic E-state index is 0.308. The first-order chi connectivity index (χ1) is 6.69. The van der Waals surface area contributed by atoms with Gasteiger partial charge in [-0.1, -0.05) is 0 Å². The molecule has 0 amide bonds. The summed E-state index contributed by atoms with van der Waals surface area (Å²) < 4.78 is 67.0. The summed E-state index contributed by atoms with van der Waals surface area (Å²) in [6.07, 6.45) is -10.5. The van der Waals surface area contributed by atoms with Crippen molar-refractivity contribution in [2.75, 3.05) is 13.2 Å². The molecule has 0 N–H and O–H groups in total. The molecule has 0 radical (unpaired) electrons. The zero-order chi connectivity index (χ0) is 12.1. The molecule has 0 unspecified atom stereocenters. The van der Waals surface area contributed by atoms with Crippen LogP contribution in [0.4, 0.5) is 22.0 Å². The zero-order valence-electron chi connectivity index (χ0n) is 7.74. The fourth-order valence-corrected chi connectivity index (χ4v) is 0.569. The molecular formula is C7H9F5O3. The smallest absolute Gasteiger partial charge is 0.456 e. The topological polar surface area (TPSA) is 35.5 Å². The Morgan fingerprint density at radius 1 is 1.20 bits per heavy atom. The van der Waals surface area contributed by atoms with Gasteiger partial charge in [0.25, 0.3) is 0 Å². The third-order valence-corrected chi connectivity index (χ3v) is 1.18. The minimum atomic E-state index is -4.61. The van der Waals surface area contributed by atoms with E-state index >= 15 is 0 Å². The second-order valence-electron chi connectivity index (χ2n) is 2.45. The fraction of sp³-hybridized carbons (Fsp3) is 0.857. The summed E-state index contributed by atoms with van der Waals surface area (Å²) in [5.74, 6) is -1.99. The van der Waals surface area contributed by atoms with Crippen LogP contribution < -0.4 is 0 Å². The van der Waals surface area contributed by atoms with E-state index in [-0.39, 0.29) is 6.61 Å². The van der Waals surface area contributed by atoms with Gasteiger partial charge in [0.1, 0.15) is 0 Å². The van der Waals surface area contributed by atoms with Gasteiger partial charge < -0.3 is 9.47 Å². The van der Waals surface area contributed by atoms with Crippen LogP contribution in [0.2, 0.25) is 0 Å². The number of carbonyl (C=O) groups is 1. The molecule has 0 rings (SSSR count). The SMILES string of the molecule is CCOC(=O)C(F)(F)OCCC(F)(F)F. The monoisotopic (exact) mass is 236 g/mol. The van der Waals surface area contributed by atoms with Crippen LogP contribution in [-0.4, -0.2) is 31.5 Å². The van der Waals surface area contributed by atoms with Gasteiger partial charge in [0.2, 0.25) is 0 Å². The van der Waals surface area contributed by atoms with Crippen molar-refractivity contribution in [3.8, 4) is 0 Å². The van der Waals surface area contributed by atoms with Gasteiger partial charge in [-0.3, -0.25) is 0 Å². The van der Waals surface area contributed by atoms with E-state index in [1.807, 2.05) is 0 Å². The first-order valence-electron chi connectivity index (χ1n) is 3.95. The van der Waals surface area contributed by atoms with Crippen molar-refractivity contribution in [2.24, 2.45) is 0 Å². The van der Waals surface area contributed by atoms with Gasteiger partial charge >= 0.3 is 18.3 Å². The summed E-state index contributed by atoms with van der Waals surface area (Å²) in [5.41, 5.74) is 0. The Hall–Kier alpha value is -0.920. The fourth-order valence-electron chi connectivity index (χ4n) is 0.569. The van der Waals surface area contributed by atoms with Crippen LogP contribution in [0.5, 0.6) is 0 Å². The highest BCUT2D eigenvalue weighted by Crippen LogP contribution is 2.23. The zero-order valence-corrected chi connectivity index (χ0v) is 7.74. The van der Waals surface area contributed by atoms with Gasteiger partial charge in [-0.2, -0.15) is 22.0 Å². The molecule has 0 fully saturated rings. The number of halogens is 5. The third kappa shape index (κ3) is 6.21. The van der Waals surface area contributed by atoms with E-state index in [1.54, 1.807) is 0 Å². The van der Waals surface area contributed by atoms with Crippen LogP contribution in [0.3, 0.4) is 0 Å². The van der Waals surface area contributed by atoms with Crippen molar-refractivity contribution in [3.05, 3.63) is 0 Å². The second-order valence-corrected chi connectivity index (χ2v) is 2.45. The lowest BCUT2D eigenvalue weighted by molar-refractivity contribution is -0.258. The molecule has 0 saturated carbocycles. The van der Waals surface area contributed by atoms with Gasteiger partial charge in [-0.15, -0.1) is 0 Å². The van der Waals surface area contributed by atoms with Crippen molar-refractivity contribution < 1.29 is 36.2 Å². The van der Waals surface area contributed by atoms with Crippen LogP contribution in [0, 0.1) is 0 Å². The quantitative estimate of drug-likeness (QED) is 0.541. The molecule has 90 valence electrons. The average molecular weight is 236 g/mol. The number of hydrogen-bond donors (Lipinski definition) is 0. The standard InChI is InChI=1S/C7H9F5O3/c1-2-14-5(13)7(11,12)15-4-3-6(8,9)10/h2-4H2,1H3. The molecule has 0 aromatic carbocycles. The Morgan fingerprint density at radius 2 is 1.73 bits per heavy atom. The Kier molecular flexibility index (Phi) is 4.92. The molecule has 15 heavy (non-hydrogen) atoms. The predicted octanol–water partition coefficient (Wildman–Crippen LogP) is 2.11. The van der Waals surface area contributed by atoms with Gasteiger partial charge in [0.05, 0.1) is 19.6 Å². The number of rotatable bonds is 5. The first-order valence-corrected chi connectivity index (χ1v) is 3.95. The molecule has 0 aliphatic carbocycles. The maximum Gasteiger partial charge on any atom is 0.456 e. The van der Waals surface area contributed by atoms with E-state index in [4.69, 9.17) is 0 Å². The van der Waals surface area contributed by atoms with Crippen molar-refractivity contribution >= 4 is 5.97 Å². The van der Waals surface area contributed by atoms with Crippen molar-refractivity contribution in [3.63, 3.8) is 0 Å². The Bertz CT molecular complexity index is 213. The maximum absolute atomic E-state index is 12.5. The molecule has 3 nitrogen and oxygen atoms in total. The minimum Gasteiger partial charge on any atom is -0.460 e. The molecule has 0 bridgehead atoms. The number of ether oxygens (including phenoxy) is 2. The molecular weight excluding hydrogens is 227 g/mol. The number of carbonyl (C=O) groups excluding carboxylic acids is 1. The highest BCUT2D eigenvalue weighted by atomic mass is 19.4. The third-order valence-electron chi connectivity index (χ3n) is 1.18. The molecule has 0 aromatic rings. The Morgan fingerprint density at radius 3 is 2.13 bits per heavy atom. The van der Waals surface area contributed by atoms with E-state index in [9.17, 15) is 26.7 Å². The van der Waals surface area contributed by atoms with Crippen LogP contribution in [0.1, 0.15) is 13.3 Å². The largest absolute Gasteiger partial charge is 0.460 e. The van der Waals surface area contributed by atoms with Crippen LogP contribution >= 0.6 is 0 Å². The van der Waals surface area contributed by atoms with Crippen molar-refractivity contribution in [2.45, 2.75) is 25.6 Å². The summed E-state index contributed by atoms with van der Waals surface area (Å²) in [4.78, 5) is 10.4. The Balaban J connectivity index is 3.99. The molecule has 0 aromatic heterocycles. The Labute approximate surface area is 82.1 Å². The van der Waals surface area contributed by atoms with Crippen molar-refractivity contribution in [1.29, 1.82) is 0 Å². The molecule has 0 aliphatic heterocycles. The summed E-state index contributed by atoms with van der Waals surface area (Å²) >= 11 is 0. The number of esters is 1. The number of alkyl halides is 5. The predicted molar refractivity (Wildman–Crippen MR) is 38.2 cm³/mol. The summed E-state index contributed by atoms with van der Waals surface area (Å²) in [6.45, 7) is -0.323. The molecule has 0 heterocycles. The van der Waals surface area contributed by atoms with E-state index < -0.39 is 31.3 Å². The van der Waals surface area contributed by atoms with Gasteiger partial charge in [-0.25, -0.2) is 4.79 Å². The van der Waals surface area contributed by atoms with Gasteiger partial charge in [0, 0.05) is 0 Å². The summed E-state index contributed by atoms with van der Waals surface area (Å²) in [7, 11) is 0. The van der Waals surface area contributed by atoms with Crippen LogP contribution in [0.25, 0.3) is 0 Å². The molecule has 0 saturated heterocycles. The lowest BCUT2D eigenvalue weighted by Crippen LogP contribution is -2.35. The lowest BCUT2D eigenvalue weighted by atomic mass is 10.4. The van der Waals surface area contributed by atoms with Crippen LogP contribution in [0.15, 0.2) is 0 Å². The van der Waals surface area contributed by atoms with E-state index in [2.05, 4.69) is 9.47 Å². The van der Waals surface area contributed by atoms with Gasteiger partial charge in [-0.05, 0) is 6.92 Å². The number of hydrogen-bond acceptors (Lipinski definition) is 3. The van der Waals surface area contributed by atoms with E-state index in [0.717, 1.165) is 0 Å². The normalized spacial score (nSPS) is 12.7. The average Bonchev–Trinajstić information content (AvgIpc) is 2.01. The maximum atomic E-state index is 12.5. The van der Waals surface area contributed by atoms with E-state index in [0.29, 0.717) is 0 Å². The van der Waals surface area contributed by atoms with Crippen LogP contribution in [-0.2, 0) is 14.3 Å². The summed E-state index contributed by atoms with van der Waals surface area (Å²) in [6, 6.07) is 0. The van der Waals surface area contributed by atoms with Gasteiger partial charge in [0.15, 0.2) is 0 Å². The lowest BCUT2D eigenvalue weighted by Gasteiger charge is -2.15. The highest BCUT2D eigenvalue weighted by molar-refractivity contribution is 5.75. The molecule has 0 spiro atoms. The second kappa shape index (κ2) is 5.24. The molecule has 8 heteroatoms. The van der Waals surface area contributed by atoms with Crippen molar-refractivity contribution in [1.82, 2.24) is 0 Å². The molecule has 0 atom stereocenters.